The maximum Gasteiger partial charge on any atom is 0.329 e. The SMILES string of the molecule is COc1cccc(NC(=O)[C@@H](C)n2c(=O)[nH]c3ccccc3c2=O)c1. The number of aromatic nitrogens is 2. The highest BCUT2D eigenvalue weighted by Crippen LogP contribution is 2.18. The molecule has 3 aromatic rings. The normalized spacial score (nSPS) is 11.9. The summed E-state index contributed by atoms with van der Waals surface area (Å²) in [5.41, 5.74) is -0.180. The molecule has 128 valence electrons. The number of nitrogens with zero attached hydrogens (tertiary/aromatic N) is 1. The number of hydrogen-bond donors (Lipinski definition) is 2. The standard InChI is InChI=1S/C18H17N3O4/c1-11(16(22)19-12-6-5-7-13(10-12)25-2)21-17(23)14-8-3-4-9-15(14)20-18(21)24/h3-11H,1-2H3,(H,19,22)(H,20,24)/t11-/m1/s1. The molecule has 1 atom stereocenters. The Hall–Kier alpha value is -3.35. The predicted octanol–water partition coefficient (Wildman–Crippen LogP) is 1.90. The topological polar surface area (TPSA) is 93.2 Å². The van der Waals surface area contributed by atoms with E-state index in [1.165, 1.54) is 14.0 Å². The first kappa shape index (κ1) is 16.5. The van der Waals surface area contributed by atoms with Crippen LogP contribution in [-0.4, -0.2) is 22.6 Å². The number of hydrogen-bond acceptors (Lipinski definition) is 4. The Labute approximate surface area is 142 Å². The van der Waals surface area contributed by atoms with Gasteiger partial charge in [-0.1, -0.05) is 18.2 Å². The van der Waals surface area contributed by atoms with E-state index in [-0.39, 0.29) is 0 Å². The number of H-pyrrole nitrogens is 1. The number of para-hydroxylation sites is 1. The first-order chi connectivity index (χ1) is 12.0. The highest BCUT2D eigenvalue weighted by Gasteiger charge is 2.20. The van der Waals surface area contributed by atoms with Crippen LogP contribution in [0.5, 0.6) is 5.75 Å². The Morgan fingerprint density at radius 3 is 2.68 bits per heavy atom. The molecule has 2 aromatic carbocycles. The molecule has 3 rings (SSSR count). The fraction of sp³-hybridized carbons (Fsp3) is 0.167. The number of carbonyl (C=O) groups excluding carboxylic acids is 1. The van der Waals surface area contributed by atoms with Crippen LogP contribution < -0.4 is 21.3 Å². The summed E-state index contributed by atoms with van der Waals surface area (Å²) >= 11 is 0. The second kappa shape index (κ2) is 6.64. The average Bonchev–Trinajstić information content (AvgIpc) is 2.61. The third-order valence-electron chi connectivity index (χ3n) is 3.94. The summed E-state index contributed by atoms with van der Waals surface area (Å²) in [7, 11) is 1.53. The number of ether oxygens (including phenoxy) is 1. The van der Waals surface area contributed by atoms with Gasteiger partial charge in [0.1, 0.15) is 11.8 Å². The molecule has 25 heavy (non-hydrogen) atoms. The third-order valence-corrected chi connectivity index (χ3v) is 3.94. The average molecular weight is 339 g/mol. The van der Waals surface area contributed by atoms with E-state index in [0.29, 0.717) is 22.3 Å². The summed E-state index contributed by atoms with van der Waals surface area (Å²) in [6.45, 7) is 1.50. The van der Waals surface area contributed by atoms with Crippen molar-refractivity contribution in [1.29, 1.82) is 0 Å². The Balaban J connectivity index is 1.96. The van der Waals surface area contributed by atoms with E-state index in [0.717, 1.165) is 4.57 Å². The molecule has 0 radical (unpaired) electrons. The van der Waals surface area contributed by atoms with E-state index in [2.05, 4.69) is 10.3 Å². The number of amides is 1. The minimum atomic E-state index is -0.980. The predicted molar refractivity (Wildman–Crippen MR) is 95.2 cm³/mol. The minimum absolute atomic E-state index is 0.350. The van der Waals surface area contributed by atoms with Gasteiger partial charge in [-0.2, -0.15) is 0 Å². The van der Waals surface area contributed by atoms with Crippen molar-refractivity contribution < 1.29 is 9.53 Å². The molecule has 1 heterocycles. The van der Waals surface area contributed by atoms with Crippen LogP contribution >= 0.6 is 0 Å². The van der Waals surface area contributed by atoms with Gasteiger partial charge in [-0.25, -0.2) is 9.36 Å². The largest absolute Gasteiger partial charge is 0.497 e. The summed E-state index contributed by atoms with van der Waals surface area (Å²) in [6.07, 6.45) is 0. The summed E-state index contributed by atoms with van der Waals surface area (Å²) in [4.78, 5) is 40.0. The molecule has 1 aromatic heterocycles. The Morgan fingerprint density at radius 1 is 1.16 bits per heavy atom. The number of anilines is 1. The van der Waals surface area contributed by atoms with Gasteiger partial charge in [0.05, 0.1) is 18.0 Å². The maximum atomic E-state index is 12.6. The van der Waals surface area contributed by atoms with Crippen LogP contribution in [0.15, 0.2) is 58.1 Å². The Kier molecular flexibility index (Phi) is 4.38. The van der Waals surface area contributed by atoms with Crippen LogP contribution in [0.25, 0.3) is 10.9 Å². The minimum Gasteiger partial charge on any atom is -0.497 e. The zero-order valence-electron chi connectivity index (χ0n) is 13.8. The number of fused-ring (bicyclic) bond motifs is 1. The summed E-state index contributed by atoms with van der Waals surface area (Å²) in [5.74, 6) is 0.113. The van der Waals surface area contributed by atoms with Crippen LogP contribution in [0.2, 0.25) is 0 Å². The molecule has 0 spiro atoms. The molecule has 1 amide bonds. The second-order valence-corrected chi connectivity index (χ2v) is 5.55. The van der Waals surface area contributed by atoms with Crippen molar-refractivity contribution in [3.8, 4) is 5.75 Å². The fourth-order valence-corrected chi connectivity index (χ4v) is 2.59. The van der Waals surface area contributed by atoms with Gasteiger partial charge < -0.3 is 15.0 Å². The molecule has 0 saturated heterocycles. The van der Waals surface area contributed by atoms with E-state index < -0.39 is 23.2 Å². The van der Waals surface area contributed by atoms with Crippen molar-refractivity contribution in [3.05, 3.63) is 69.4 Å². The molecule has 0 aliphatic heterocycles. The van der Waals surface area contributed by atoms with Gasteiger partial charge in [0.15, 0.2) is 0 Å². The highest BCUT2D eigenvalue weighted by atomic mass is 16.5. The van der Waals surface area contributed by atoms with E-state index in [1.54, 1.807) is 48.5 Å². The van der Waals surface area contributed by atoms with Crippen molar-refractivity contribution in [3.63, 3.8) is 0 Å². The number of methoxy groups -OCH3 is 1. The first-order valence-corrected chi connectivity index (χ1v) is 7.69. The molecule has 0 unspecified atom stereocenters. The van der Waals surface area contributed by atoms with E-state index >= 15 is 0 Å². The number of benzene rings is 2. The van der Waals surface area contributed by atoms with Crippen LogP contribution in [0.4, 0.5) is 5.69 Å². The number of aromatic amines is 1. The molecule has 0 aliphatic carbocycles. The van der Waals surface area contributed by atoms with Crippen molar-refractivity contribution in [2.24, 2.45) is 0 Å². The molecule has 0 aliphatic rings. The highest BCUT2D eigenvalue weighted by molar-refractivity contribution is 5.93. The molecule has 0 saturated carbocycles. The van der Waals surface area contributed by atoms with Crippen molar-refractivity contribution in [2.75, 3.05) is 12.4 Å². The lowest BCUT2D eigenvalue weighted by atomic mass is 10.2. The van der Waals surface area contributed by atoms with E-state index in [4.69, 9.17) is 4.74 Å². The van der Waals surface area contributed by atoms with Crippen molar-refractivity contribution >= 4 is 22.5 Å². The third kappa shape index (κ3) is 3.16. The van der Waals surface area contributed by atoms with Gasteiger partial charge in [-0.15, -0.1) is 0 Å². The second-order valence-electron chi connectivity index (χ2n) is 5.55. The zero-order valence-corrected chi connectivity index (χ0v) is 13.8. The lowest BCUT2D eigenvalue weighted by Crippen LogP contribution is -2.41. The Morgan fingerprint density at radius 2 is 1.92 bits per heavy atom. The number of nitrogens with one attached hydrogen (secondary N) is 2. The maximum absolute atomic E-state index is 12.6. The van der Waals surface area contributed by atoms with Gasteiger partial charge in [-0.3, -0.25) is 9.59 Å². The molecule has 0 bridgehead atoms. The summed E-state index contributed by atoms with van der Waals surface area (Å²) < 4.78 is 6.02. The van der Waals surface area contributed by atoms with Gasteiger partial charge in [-0.05, 0) is 31.2 Å². The molecule has 7 nitrogen and oxygen atoms in total. The fourth-order valence-electron chi connectivity index (χ4n) is 2.59. The van der Waals surface area contributed by atoms with Crippen molar-refractivity contribution in [1.82, 2.24) is 9.55 Å². The monoisotopic (exact) mass is 339 g/mol. The van der Waals surface area contributed by atoms with Crippen molar-refractivity contribution in [2.45, 2.75) is 13.0 Å². The molecule has 0 fully saturated rings. The van der Waals surface area contributed by atoms with Crippen LogP contribution in [0, 0.1) is 0 Å². The van der Waals surface area contributed by atoms with E-state index in [9.17, 15) is 14.4 Å². The Bertz CT molecular complexity index is 1050. The smallest absolute Gasteiger partial charge is 0.329 e. The quantitative estimate of drug-likeness (QED) is 0.759. The van der Waals surface area contributed by atoms with Crippen LogP contribution in [0.3, 0.4) is 0 Å². The summed E-state index contributed by atoms with van der Waals surface area (Å²) in [6, 6.07) is 12.5. The molecular formula is C18H17N3O4. The first-order valence-electron chi connectivity index (χ1n) is 7.69. The van der Waals surface area contributed by atoms with Gasteiger partial charge in [0, 0.05) is 11.8 Å². The molecule has 7 heteroatoms. The lowest BCUT2D eigenvalue weighted by Gasteiger charge is -2.15. The number of rotatable bonds is 4. The van der Waals surface area contributed by atoms with Gasteiger partial charge >= 0.3 is 5.69 Å². The molecule has 2 N–H and O–H groups in total. The number of carbonyl (C=O) groups is 1. The van der Waals surface area contributed by atoms with Gasteiger partial charge in [0.25, 0.3) is 5.56 Å². The van der Waals surface area contributed by atoms with E-state index in [1.807, 2.05) is 0 Å². The van der Waals surface area contributed by atoms with Crippen LogP contribution in [0.1, 0.15) is 13.0 Å². The summed E-state index contributed by atoms with van der Waals surface area (Å²) in [5, 5.41) is 3.04. The lowest BCUT2D eigenvalue weighted by molar-refractivity contribution is -0.118. The molecular weight excluding hydrogens is 322 g/mol. The van der Waals surface area contributed by atoms with Crippen LogP contribution in [-0.2, 0) is 4.79 Å². The van der Waals surface area contributed by atoms with Gasteiger partial charge in [0.2, 0.25) is 5.91 Å². The zero-order chi connectivity index (χ0) is 18.0.